The summed E-state index contributed by atoms with van der Waals surface area (Å²) in [5, 5.41) is 7.54. The Balaban J connectivity index is 1.93. The van der Waals surface area contributed by atoms with Gasteiger partial charge >= 0.3 is 0 Å². The van der Waals surface area contributed by atoms with Gasteiger partial charge in [0, 0.05) is 6.20 Å². The lowest BCUT2D eigenvalue weighted by atomic mass is 10.1. The Bertz CT molecular complexity index is 731. The minimum Gasteiger partial charge on any atom is -0.480 e. The molecule has 0 saturated heterocycles. The van der Waals surface area contributed by atoms with E-state index >= 15 is 0 Å². The molecule has 6 heteroatoms. The number of nitrogens with zero attached hydrogens (tertiary/aromatic N) is 3. The molecule has 0 aliphatic rings. The van der Waals surface area contributed by atoms with E-state index in [1.807, 2.05) is 30.3 Å². The molecular formula is C15H12ClN3O2. The summed E-state index contributed by atoms with van der Waals surface area (Å²) in [5.41, 5.74) is 1.53. The van der Waals surface area contributed by atoms with E-state index in [1.165, 1.54) is 7.11 Å². The highest BCUT2D eigenvalue weighted by Gasteiger charge is 2.20. The van der Waals surface area contributed by atoms with Crippen LogP contribution in [-0.2, 0) is 0 Å². The quantitative estimate of drug-likeness (QED) is 0.691. The lowest BCUT2D eigenvalue weighted by Crippen LogP contribution is -1.92. The number of rotatable bonds is 4. The van der Waals surface area contributed by atoms with E-state index in [9.17, 15) is 0 Å². The molecule has 1 atom stereocenters. The second-order valence-electron chi connectivity index (χ2n) is 4.28. The predicted octanol–water partition coefficient (Wildman–Crippen LogP) is 3.47. The van der Waals surface area contributed by atoms with Crippen LogP contribution in [0.1, 0.15) is 16.8 Å². The van der Waals surface area contributed by atoms with Crippen molar-refractivity contribution < 1.29 is 9.15 Å². The first kappa shape index (κ1) is 13.6. The third-order valence-electron chi connectivity index (χ3n) is 2.94. The molecular weight excluding hydrogens is 290 g/mol. The first-order valence-corrected chi connectivity index (χ1v) is 6.75. The van der Waals surface area contributed by atoms with Gasteiger partial charge in [0.2, 0.25) is 11.8 Å². The predicted molar refractivity (Wildman–Crippen MR) is 78.2 cm³/mol. The Labute approximate surface area is 126 Å². The number of ether oxygens (including phenoxy) is 1. The molecule has 2 aromatic heterocycles. The SMILES string of the molecule is COc1ncccc1-c1nnc(C(Cl)c2ccccc2)o1. The summed E-state index contributed by atoms with van der Waals surface area (Å²) in [4.78, 5) is 4.10. The van der Waals surface area contributed by atoms with Crippen LogP contribution in [0.5, 0.6) is 5.88 Å². The van der Waals surface area contributed by atoms with E-state index in [1.54, 1.807) is 18.3 Å². The summed E-state index contributed by atoms with van der Waals surface area (Å²) in [5.74, 6) is 1.10. The molecule has 0 aliphatic carbocycles. The maximum atomic E-state index is 6.36. The Morgan fingerprint density at radius 3 is 2.67 bits per heavy atom. The molecule has 106 valence electrons. The van der Waals surface area contributed by atoms with Crippen molar-refractivity contribution in [1.29, 1.82) is 0 Å². The normalized spacial score (nSPS) is 12.1. The lowest BCUT2D eigenvalue weighted by Gasteiger charge is -2.04. The summed E-state index contributed by atoms with van der Waals surface area (Å²) in [7, 11) is 1.54. The van der Waals surface area contributed by atoms with Crippen LogP contribution in [0.4, 0.5) is 0 Å². The standard InChI is InChI=1S/C15H12ClN3O2/c1-20-13-11(8-5-9-17-13)14-18-19-15(21-14)12(16)10-6-3-2-4-7-10/h2-9,12H,1H3. The van der Waals surface area contributed by atoms with E-state index in [0.29, 0.717) is 23.2 Å². The average molecular weight is 302 g/mol. The van der Waals surface area contributed by atoms with Crippen LogP contribution >= 0.6 is 11.6 Å². The molecule has 21 heavy (non-hydrogen) atoms. The summed E-state index contributed by atoms with van der Waals surface area (Å²) < 4.78 is 10.8. The van der Waals surface area contributed by atoms with Gasteiger partial charge in [0.05, 0.1) is 7.11 Å². The lowest BCUT2D eigenvalue weighted by molar-refractivity contribution is 0.397. The van der Waals surface area contributed by atoms with Gasteiger partial charge in [-0.15, -0.1) is 21.8 Å². The smallest absolute Gasteiger partial charge is 0.253 e. The van der Waals surface area contributed by atoms with Gasteiger partial charge in [-0.25, -0.2) is 4.98 Å². The van der Waals surface area contributed by atoms with E-state index < -0.39 is 5.38 Å². The molecule has 0 radical (unpaired) electrons. The third-order valence-corrected chi connectivity index (χ3v) is 3.38. The van der Waals surface area contributed by atoms with Crippen molar-refractivity contribution in [2.45, 2.75) is 5.38 Å². The molecule has 5 nitrogen and oxygen atoms in total. The number of halogens is 1. The van der Waals surface area contributed by atoms with Crippen LogP contribution in [0.2, 0.25) is 0 Å². The number of hydrogen-bond acceptors (Lipinski definition) is 5. The number of alkyl halides is 1. The van der Waals surface area contributed by atoms with Gasteiger partial charge in [0.15, 0.2) is 0 Å². The van der Waals surface area contributed by atoms with Crippen molar-refractivity contribution in [3.05, 3.63) is 60.1 Å². The van der Waals surface area contributed by atoms with Gasteiger partial charge < -0.3 is 9.15 Å². The molecule has 3 aromatic rings. The van der Waals surface area contributed by atoms with Gasteiger partial charge in [0.1, 0.15) is 10.9 Å². The zero-order valence-corrected chi connectivity index (χ0v) is 12.0. The first-order valence-electron chi connectivity index (χ1n) is 6.31. The number of methoxy groups -OCH3 is 1. The largest absolute Gasteiger partial charge is 0.480 e. The first-order chi connectivity index (χ1) is 10.3. The molecule has 1 aromatic carbocycles. The molecule has 1 unspecified atom stereocenters. The molecule has 0 amide bonds. The van der Waals surface area contributed by atoms with Crippen LogP contribution in [0, 0.1) is 0 Å². The van der Waals surface area contributed by atoms with E-state index in [4.69, 9.17) is 20.8 Å². The van der Waals surface area contributed by atoms with Crippen molar-refractivity contribution in [2.75, 3.05) is 7.11 Å². The number of benzene rings is 1. The van der Waals surface area contributed by atoms with Crippen molar-refractivity contribution in [1.82, 2.24) is 15.2 Å². The molecule has 0 aliphatic heterocycles. The Hall–Kier alpha value is -2.40. The second-order valence-corrected chi connectivity index (χ2v) is 4.72. The van der Waals surface area contributed by atoms with Gasteiger partial charge in [-0.2, -0.15) is 0 Å². The summed E-state index contributed by atoms with van der Waals surface area (Å²) >= 11 is 6.36. The fourth-order valence-electron chi connectivity index (χ4n) is 1.93. The van der Waals surface area contributed by atoms with Gasteiger partial charge in [0.25, 0.3) is 5.89 Å². The summed E-state index contributed by atoms with van der Waals surface area (Å²) in [6.07, 6.45) is 1.63. The zero-order chi connectivity index (χ0) is 14.7. The molecule has 0 spiro atoms. The number of pyridine rings is 1. The van der Waals surface area contributed by atoms with Gasteiger partial charge in [-0.05, 0) is 17.7 Å². The summed E-state index contributed by atoms with van der Waals surface area (Å²) in [6, 6.07) is 13.1. The highest BCUT2D eigenvalue weighted by Crippen LogP contribution is 2.31. The van der Waals surface area contributed by atoms with Crippen LogP contribution in [0.25, 0.3) is 11.5 Å². The fraction of sp³-hybridized carbons (Fsp3) is 0.133. The molecule has 0 bridgehead atoms. The Morgan fingerprint density at radius 2 is 1.90 bits per heavy atom. The van der Waals surface area contributed by atoms with Crippen molar-refractivity contribution in [2.24, 2.45) is 0 Å². The van der Waals surface area contributed by atoms with Crippen molar-refractivity contribution in [3.63, 3.8) is 0 Å². The van der Waals surface area contributed by atoms with Crippen LogP contribution in [-0.4, -0.2) is 22.3 Å². The Kier molecular flexibility index (Phi) is 3.83. The number of aromatic nitrogens is 3. The van der Waals surface area contributed by atoms with E-state index in [-0.39, 0.29) is 0 Å². The maximum absolute atomic E-state index is 6.36. The fourth-order valence-corrected chi connectivity index (χ4v) is 2.16. The molecule has 0 fully saturated rings. The minimum absolute atomic E-state index is 0.330. The van der Waals surface area contributed by atoms with Crippen LogP contribution in [0.15, 0.2) is 53.1 Å². The van der Waals surface area contributed by atoms with Crippen LogP contribution < -0.4 is 4.74 Å². The van der Waals surface area contributed by atoms with E-state index in [0.717, 1.165) is 5.56 Å². The third kappa shape index (κ3) is 2.73. The summed E-state index contributed by atoms with van der Waals surface area (Å²) in [6.45, 7) is 0. The molecule has 2 heterocycles. The second kappa shape index (κ2) is 5.93. The maximum Gasteiger partial charge on any atom is 0.253 e. The highest BCUT2D eigenvalue weighted by molar-refractivity contribution is 6.22. The average Bonchev–Trinajstić information content (AvgIpc) is 3.04. The molecule has 0 saturated carbocycles. The number of hydrogen-bond donors (Lipinski definition) is 0. The van der Waals surface area contributed by atoms with Crippen LogP contribution in [0.3, 0.4) is 0 Å². The van der Waals surface area contributed by atoms with Crippen molar-refractivity contribution in [3.8, 4) is 17.3 Å². The monoisotopic (exact) mass is 301 g/mol. The molecule has 0 N–H and O–H groups in total. The van der Waals surface area contributed by atoms with Crippen molar-refractivity contribution >= 4 is 11.6 Å². The van der Waals surface area contributed by atoms with Gasteiger partial charge in [-0.3, -0.25) is 0 Å². The topological polar surface area (TPSA) is 61.0 Å². The Morgan fingerprint density at radius 1 is 1.10 bits per heavy atom. The van der Waals surface area contributed by atoms with E-state index in [2.05, 4.69) is 15.2 Å². The van der Waals surface area contributed by atoms with Gasteiger partial charge in [-0.1, -0.05) is 30.3 Å². The zero-order valence-electron chi connectivity index (χ0n) is 11.2. The minimum atomic E-state index is -0.491. The molecule has 3 rings (SSSR count). The highest BCUT2D eigenvalue weighted by atomic mass is 35.5.